The molecule has 0 bridgehead atoms. The minimum atomic E-state index is -0.0805. The van der Waals surface area contributed by atoms with Gasteiger partial charge in [-0.15, -0.1) is 0 Å². The van der Waals surface area contributed by atoms with Crippen LogP contribution in [0.1, 0.15) is 16.7 Å². The zero-order valence-corrected chi connectivity index (χ0v) is 26.6. The monoisotopic (exact) mass is 762 g/mol. The van der Waals surface area contributed by atoms with Gasteiger partial charge >= 0.3 is 17.1 Å². The summed E-state index contributed by atoms with van der Waals surface area (Å²) in [6, 6.07) is 14.9. The van der Waals surface area contributed by atoms with Crippen LogP contribution in [-0.2, 0) is 17.1 Å². The molecule has 3 aromatic carbocycles. The van der Waals surface area contributed by atoms with Gasteiger partial charge in [-0.3, -0.25) is 19.9 Å². The van der Waals surface area contributed by atoms with Crippen LogP contribution >= 0.6 is 47.8 Å². The van der Waals surface area contributed by atoms with Crippen LogP contribution in [0.4, 0.5) is 0 Å². The van der Waals surface area contributed by atoms with Crippen LogP contribution in [-0.4, -0.2) is 68.3 Å². The third kappa shape index (κ3) is 12.3. The molecule has 0 saturated carbocycles. The van der Waals surface area contributed by atoms with Crippen molar-refractivity contribution in [3.8, 4) is 17.2 Å². The average Bonchev–Trinajstić information content (AvgIpc) is 2.87. The van der Waals surface area contributed by atoms with Crippen LogP contribution in [0.2, 0.25) is 0 Å². The van der Waals surface area contributed by atoms with Crippen molar-refractivity contribution in [1.29, 1.82) is 0 Å². The normalized spacial score (nSPS) is 11.4. The summed E-state index contributed by atoms with van der Waals surface area (Å²) in [7, 11) is 0. The second kappa shape index (κ2) is 18.3. The van der Waals surface area contributed by atoms with E-state index in [1.807, 2.05) is 0 Å². The smallest absolute Gasteiger partial charge is 0.872 e. The van der Waals surface area contributed by atoms with E-state index >= 15 is 0 Å². The third-order valence-electron chi connectivity index (χ3n) is 5.24. The fourth-order valence-corrected chi connectivity index (χ4v) is 4.42. The van der Waals surface area contributed by atoms with Crippen molar-refractivity contribution in [2.45, 2.75) is 0 Å². The number of rotatable bonds is 12. The molecular weight excluding hydrogens is 739 g/mol. The predicted octanol–water partition coefficient (Wildman–Crippen LogP) is 3.33. The summed E-state index contributed by atoms with van der Waals surface area (Å²) in [6.07, 6.45) is 4.77. The molecule has 0 aliphatic rings. The SMILES string of the molecule is O.[Mn+3].[O-]c1ccc(Br)cc1C=NCCN(CCN=Cc1cc(Br)ccc1[O-])CCN=Cc1cc(Br)ccc1[O-]. The van der Waals surface area contributed by atoms with Crippen LogP contribution in [0.5, 0.6) is 17.2 Å². The fraction of sp³-hybridized carbons (Fsp3) is 0.222. The minimum Gasteiger partial charge on any atom is -0.872 e. The van der Waals surface area contributed by atoms with Gasteiger partial charge in [0, 0.05) is 51.7 Å². The first kappa shape index (κ1) is 35.0. The molecule has 2 N–H and O–H groups in total. The molecule has 0 fully saturated rings. The van der Waals surface area contributed by atoms with E-state index in [2.05, 4.69) is 67.7 Å². The van der Waals surface area contributed by atoms with Gasteiger partial charge < -0.3 is 20.8 Å². The van der Waals surface area contributed by atoms with Gasteiger partial charge in [0.05, 0.1) is 19.6 Å². The molecule has 0 unspecified atom stereocenters. The molecule has 3 rings (SSSR count). The fourth-order valence-electron chi connectivity index (χ4n) is 3.28. The summed E-state index contributed by atoms with van der Waals surface area (Å²) in [4.78, 5) is 15.4. The third-order valence-corrected chi connectivity index (χ3v) is 6.72. The van der Waals surface area contributed by atoms with Crippen molar-refractivity contribution in [3.63, 3.8) is 0 Å². The number of nitrogens with zero attached hydrogens (tertiary/aromatic N) is 4. The zero-order valence-electron chi connectivity index (χ0n) is 20.7. The van der Waals surface area contributed by atoms with Crippen molar-refractivity contribution in [1.82, 2.24) is 4.90 Å². The van der Waals surface area contributed by atoms with Crippen molar-refractivity contribution in [2.24, 2.45) is 15.0 Å². The molecule has 0 radical (unpaired) electrons. The molecule has 39 heavy (non-hydrogen) atoms. The van der Waals surface area contributed by atoms with Gasteiger partial charge in [0.15, 0.2) is 0 Å². The Kier molecular flexibility index (Phi) is 16.4. The standard InChI is InChI=1S/C27H27Br3N4O3.Mn.H2O/c28-22-1-4-25(35)19(13-22)16-31-7-10-34(11-8-32-17-20-14-23(29)2-5-26(20)36)12-9-33-18-21-15-24(30)3-6-27(21)37;;/h1-6,13-18,35-37H,7-12H2;;1H2/q;+3;/p-3. The van der Waals surface area contributed by atoms with Crippen LogP contribution < -0.4 is 15.3 Å². The predicted molar refractivity (Wildman–Crippen MR) is 158 cm³/mol. The van der Waals surface area contributed by atoms with E-state index in [0.717, 1.165) is 13.4 Å². The summed E-state index contributed by atoms with van der Waals surface area (Å²) >= 11 is 10.1. The molecule has 0 aliphatic carbocycles. The van der Waals surface area contributed by atoms with Crippen LogP contribution in [0.25, 0.3) is 0 Å². The molecule has 0 aliphatic heterocycles. The summed E-state index contributed by atoms with van der Waals surface area (Å²) in [6.45, 7) is 3.38. The van der Waals surface area contributed by atoms with Gasteiger partial charge in [0.2, 0.25) is 0 Å². The Morgan fingerprint density at radius 1 is 0.564 bits per heavy atom. The molecule has 0 amide bonds. The van der Waals surface area contributed by atoms with E-state index in [9.17, 15) is 15.3 Å². The maximum absolute atomic E-state index is 12.0. The molecule has 206 valence electrons. The Labute approximate surface area is 263 Å². The second-order valence-corrected chi connectivity index (χ2v) is 10.7. The molecule has 12 heteroatoms. The van der Waals surface area contributed by atoms with Crippen molar-refractivity contribution < 1.29 is 37.9 Å². The van der Waals surface area contributed by atoms with E-state index < -0.39 is 0 Å². The Morgan fingerprint density at radius 3 is 1.13 bits per heavy atom. The quantitative estimate of drug-likeness (QED) is 0.206. The minimum absolute atomic E-state index is 0. The van der Waals surface area contributed by atoms with E-state index in [0.29, 0.717) is 56.0 Å². The number of hydrogen-bond donors (Lipinski definition) is 0. The van der Waals surface area contributed by atoms with Crippen LogP contribution in [0.3, 0.4) is 0 Å². The molecule has 8 nitrogen and oxygen atoms in total. The molecule has 0 aromatic heterocycles. The van der Waals surface area contributed by atoms with Crippen LogP contribution in [0.15, 0.2) is 83.0 Å². The number of hydrogen-bond acceptors (Lipinski definition) is 7. The Balaban J connectivity index is 0.00000380. The van der Waals surface area contributed by atoms with Crippen molar-refractivity contribution >= 4 is 66.4 Å². The Hall–Kier alpha value is -2.05. The molecule has 3 aromatic rings. The van der Waals surface area contributed by atoms with Gasteiger partial charge in [-0.05, 0) is 53.1 Å². The first-order chi connectivity index (χ1) is 17.8. The molecule has 0 spiro atoms. The van der Waals surface area contributed by atoms with Gasteiger partial charge in [-0.2, -0.15) is 0 Å². The summed E-state index contributed by atoms with van der Waals surface area (Å²) in [5, 5.41) is 35.9. The molecular formula is C27H26Br3MnN4O4. The largest absolute Gasteiger partial charge is 3.00 e. The molecule has 0 heterocycles. The topological polar surface area (TPSA) is 141 Å². The van der Waals surface area contributed by atoms with Gasteiger partial charge in [-0.25, -0.2) is 0 Å². The van der Waals surface area contributed by atoms with E-state index in [1.54, 1.807) is 55.0 Å². The number of aliphatic imine (C=N–C) groups is 3. The maximum atomic E-state index is 12.0. The number of benzene rings is 3. The first-order valence-electron chi connectivity index (χ1n) is 11.4. The maximum Gasteiger partial charge on any atom is 3.00 e. The molecule has 0 saturated heterocycles. The average molecular weight is 765 g/mol. The van der Waals surface area contributed by atoms with Crippen molar-refractivity contribution in [2.75, 3.05) is 39.3 Å². The Bertz CT molecular complexity index is 1140. The summed E-state index contributed by atoms with van der Waals surface area (Å²) in [5.74, 6) is -0.241. The Morgan fingerprint density at radius 2 is 0.846 bits per heavy atom. The van der Waals surface area contributed by atoms with Gasteiger partial charge in [0.25, 0.3) is 0 Å². The second-order valence-electron chi connectivity index (χ2n) is 7.99. The van der Waals surface area contributed by atoms with E-state index in [4.69, 9.17) is 0 Å². The van der Waals surface area contributed by atoms with Gasteiger partial charge in [0.1, 0.15) is 0 Å². The first-order valence-corrected chi connectivity index (χ1v) is 13.8. The molecule has 0 atom stereocenters. The zero-order chi connectivity index (χ0) is 26.6. The van der Waals surface area contributed by atoms with Crippen LogP contribution in [0, 0.1) is 0 Å². The van der Waals surface area contributed by atoms with Gasteiger partial charge in [-0.1, -0.05) is 83.2 Å². The summed E-state index contributed by atoms with van der Waals surface area (Å²) < 4.78 is 2.47. The summed E-state index contributed by atoms with van der Waals surface area (Å²) in [5.41, 5.74) is 1.58. The van der Waals surface area contributed by atoms with E-state index in [1.165, 1.54) is 18.2 Å². The van der Waals surface area contributed by atoms with E-state index in [-0.39, 0.29) is 39.8 Å². The van der Waals surface area contributed by atoms with Crippen molar-refractivity contribution in [3.05, 3.63) is 84.7 Å². The number of halogens is 3.